The Hall–Kier alpha value is -0.620. The Morgan fingerprint density at radius 1 is 1.20 bits per heavy atom. The monoisotopic (exact) mass is 248 g/mol. The number of rotatable bonds is 2. The maximum atomic E-state index is 11.8. The molecule has 0 aromatic heterocycles. The van der Waals surface area contributed by atoms with Crippen molar-refractivity contribution in [2.75, 3.05) is 0 Å². The van der Waals surface area contributed by atoms with Crippen molar-refractivity contribution in [2.24, 2.45) is 5.84 Å². The number of nitrogens with zero attached hydrogens (tertiary/aromatic N) is 1. The minimum Gasteiger partial charge on any atom is -0.240 e. The van der Waals surface area contributed by atoms with Crippen LogP contribution in [0.2, 0.25) is 0 Å². The van der Waals surface area contributed by atoms with E-state index in [2.05, 4.69) is 0 Å². The molecule has 0 unspecified atom stereocenters. The molecule has 0 amide bonds. The lowest BCUT2D eigenvalue weighted by Crippen LogP contribution is -2.29. The summed E-state index contributed by atoms with van der Waals surface area (Å²) in [5, 5.41) is 0. The molecule has 0 atom stereocenters. The van der Waals surface area contributed by atoms with Crippen LogP contribution in [-0.2, 0) is 10.0 Å². The summed E-state index contributed by atoms with van der Waals surface area (Å²) in [6.45, 7) is 5.33. The predicted octanol–water partition coefficient (Wildman–Crippen LogP) is 1.63. The Morgan fingerprint density at radius 3 is 1.93 bits per heavy atom. The SMILES string of the molecule is Cc1cc(C)c(S(=O)(=O)N(N)Cl)c(C)c1. The molecule has 15 heavy (non-hydrogen) atoms. The minimum absolute atomic E-state index is 0.172. The number of benzene rings is 1. The summed E-state index contributed by atoms with van der Waals surface area (Å²) in [5.41, 5.74) is 2.29. The fourth-order valence-electron chi connectivity index (χ4n) is 1.66. The second kappa shape index (κ2) is 4.09. The van der Waals surface area contributed by atoms with Crippen LogP contribution in [0.3, 0.4) is 0 Å². The van der Waals surface area contributed by atoms with Gasteiger partial charge in [-0.3, -0.25) is 0 Å². The number of hydrogen-bond acceptors (Lipinski definition) is 3. The van der Waals surface area contributed by atoms with Crippen molar-refractivity contribution in [1.82, 2.24) is 3.93 Å². The van der Waals surface area contributed by atoms with Gasteiger partial charge in [0.25, 0.3) is 10.0 Å². The lowest BCUT2D eigenvalue weighted by Gasteiger charge is -2.14. The number of sulfonamides is 1. The molecule has 0 aliphatic carbocycles. The van der Waals surface area contributed by atoms with Crippen molar-refractivity contribution in [1.29, 1.82) is 0 Å². The number of hydrazine groups is 1. The molecule has 0 bridgehead atoms. The molecule has 6 heteroatoms. The van der Waals surface area contributed by atoms with E-state index < -0.39 is 10.0 Å². The summed E-state index contributed by atoms with van der Waals surface area (Å²) in [7, 11) is -3.78. The lowest BCUT2D eigenvalue weighted by molar-refractivity contribution is 0.544. The lowest BCUT2D eigenvalue weighted by atomic mass is 10.1. The van der Waals surface area contributed by atoms with Crippen LogP contribution < -0.4 is 5.84 Å². The van der Waals surface area contributed by atoms with Crippen LogP contribution in [-0.4, -0.2) is 12.4 Å². The number of aryl methyl sites for hydroxylation is 3. The van der Waals surface area contributed by atoms with Gasteiger partial charge in [0.05, 0.1) is 4.90 Å². The molecule has 1 aromatic carbocycles. The zero-order chi connectivity index (χ0) is 11.8. The van der Waals surface area contributed by atoms with Crippen molar-refractivity contribution in [3.63, 3.8) is 0 Å². The molecule has 1 aromatic rings. The predicted molar refractivity (Wildman–Crippen MR) is 59.7 cm³/mol. The molecule has 0 aliphatic heterocycles. The fourth-order valence-corrected chi connectivity index (χ4v) is 2.97. The van der Waals surface area contributed by atoms with E-state index in [1.165, 1.54) is 0 Å². The molecule has 0 saturated heterocycles. The van der Waals surface area contributed by atoms with Gasteiger partial charge in [-0.15, -0.1) is 0 Å². The van der Waals surface area contributed by atoms with Gasteiger partial charge in [-0.25, -0.2) is 14.3 Å². The summed E-state index contributed by atoms with van der Waals surface area (Å²) >= 11 is 5.31. The summed E-state index contributed by atoms with van der Waals surface area (Å²) in [6.07, 6.45) is 0. The standard InChI is InChI=1S/C9H13ClN2O2S/c1-6-4-7(2)9(8(3)5-6)15(13,14)12(10)11/h4-5H,11H2,1-3H3. The van der Waals surface area contributed by atoms with Gasteiger partial charge in [-0.05, 0) is 35.8 Å². The van der Waals surface area contributed by atoms with Crippen molar-refractivity contribution in [3.8, 4) is 0 Å². The Bertz CT molecular complexity index is 460. The summed E-state index contributed by atoms with van der Waals surface area (Å²) in [6, 6.07) is 3.56. The molecular formula is C9H13ClN2O2S. The van der Waals surface area contributed by atoms with Crippen LogP contribution in [0.25, 0.3) is 0 Å². The van der Waals surface area contributed by atoms with E-state index in [0.717, 1.165) is 5.56 Å². The fraction of sp³-hybridized carbons (Fsp3) is 0.333. The molecule has 0 saturated carbocycles. The van der Waals surface area contributed by atoms with Crippen molar-refractivity contribution < 1.29 is 8.42 Å². The zero-order valence-corrected chi connectivity index (χ0v) is 10.4. The molecule has 4 nitrogen and oxygen atoms in total. The summed E-state index contributed by atoms with van der Waals surface area (Å²) in [5.74, 6) is 5.09. The van der Waals surface area contributed by atoms with Gasteiger partial charge < -0.3 is 0 Å². The van der Waals surface area contributed by atoms with E-state index in [1.807, 2.05) is 6.92 Å². The average Bonchev–Trinajstić information content (AvgIpc) is 2.00. The average molecular weight is 249 g/mol. The van der Waals surface area contributed by atoms with Crippen LogP contribution in [0, 0.1) is 20.8 Å². The Morgan fingerprint density at radius 2 is 1.60 bits per heavy atom. The molecular weight excluding hydrogens is 236 g/mol. The third kappa shape index (κ3) is 2.31. The van der Waals surface area contributed by atoms with Crippen molar-refractivity contribution >= 4 is 21.8 Å². The Balaban J connectivity index is 3.52. The summed E-state index contributed by atoms with van der Waals surface area (Å²) in [4.78, 5) is 0.172. The molecule has 0 heterocycles. The van der Waals surface area contributed by atoms with Crippen molar-refractivity contribution in [2.45, 2.75) is 25.7 Å². The topological polar surface area (TPSA) is 63.4 Å². The van der Waals surface area contributed by atoms with E-state index in [4.69, 9.17) is 17.6 Å². The molecule has 0 spiro atoms. The highest BCUT2D eigenvalue weighted by Gasteiger charge is 2.24. The van der Waals surface area contributed by atoms with E-state index in [-0.39, 0.29) is 8.83 Å². The van der Waals surface area contributed by atoms with Gasteiger partial charge in [0.1, 0.15) is 0 Å². The zero-order valence-electron chi connectivity index (χ0n) is 8.78. The molecule has 0 radical (unpaired) electrons. The van der Waals surface area contributed by atoms with E-state index in [9.17, 15) is 8.42 Å². The normalized spacial score (nSPS) is 12.1. The van der Waals surface area contributed by atoms with Crippen LogP contribution in [0.15, 0.2) is 17.0 Å². The van der Waals surface area contributed by atoms with Gasteiger partial charge >= 0.3 is 0 Å². The Labute approximate surface area is 94.8 Å². The van der Waals surface area contributed by atoms with Crippen molar-refractivity contribution in [3.05, 3.63) is 28.8 Å². The Kier molecular flexibility index (Phi) is 3.40. The smallest absolute Gasteiger partial charge is 0.240 e. The third-order valence-corrected chi connectivity index (χ3v) is 4.26. The highest BCUT2D eigenvalue weighted by Crippen LogP contribution is 2.24. The molecule has 1 rings (SSSR count). The van der Waals surface area contributed by atoms with Crippen LogP contribution in [0.1, 0.15) is 16.7 Å². The number of nitrogens with two attached hydrogens (primary N) is 1. The molecule has 0 fully saturated rings. The first-order valence-electron chi connectivity index (χ1n) is 4.30. The van der Waals surface area contributed by atoms with Crippen LogP contribution in [0.4, 0.5) is 0 Å². The second-order valence-corrected chi connectivity index (χ2v) is 5.79. The maximum absolute atomic E-state index is 11.8. The first kappa shape index (κ1) is 12.4. The summed E-state index contributed by atoms with van der Waals surface area (Å²) < 4.78 is 23.7. The molecule has 84 valence electrons. The largest absolute Gasteiger partial charge is 0.270 e. The molecule has 0 aliphatic rings. The van der Waals surface area contributed by atoms with Gasteiger partial charge in [-0.2, -0.15) is 0 Å². The van der Waals surface area contributed by atoms with Crippen LogP contribution in [0.5, 0.6) is 0 Å². The molecule has 2 N–H and O–H groups in total. The maximum Gasteiger partial charge on any atom is 0.270 e. The first-order valence-corrected chi connectivity index (χ1v) is 6.08. The highest BCUT2D eigenvalue weighted by molar-refractivity contribution is 7.90. The van der Waals surface area contributed by atoms with E-state index in [1.54, 1.807) is 26.0 Å². The highest BCUT2D eigenvalue weighted by atomic mass is 35.5. The van der Waals surface area contributed by atoms with Gasteiger partial charge in [0.15, 0.2) is 0 Å². The van der Waals surface area contributed by atoms with Gasteiger partial charge in [-0.1, -0.05) is 17.7 Å². The van der Waals surface area contributed by atoms with E-state index >= 15 is 0 Å². The quantitative estimate of drug-likeness (QED) is 0.492. The second-order valence-electron chi connectivity index (χ2n) is 3.47. The third-order valence-electron chi connectivity index (χ3n) is 2.09. The van der Waals surface area contributed by atoms with Gasteiger partial charge in [0.2, 0.25) is 0 Å². The van der Waals surface area contributed by atoms with E-state index in [0.29, 0.717) is 11.1 Å². The van der Waals surface area contributed by atoms with Crippen LogP contribution >= 0.6 is 11.8 Å². The number of halogens is 1. The number of hydrogen-bond donors (Lipinski definition) is 1. The first-order chi connectivity index (χ1) is 6.76. The minimum atomic E-state index is -3.78. The van der Waals surface area contributed by atoms with Gasteiger partial charge in [0, 0.05) is 11.8 Å².